The number of hydrogen-bond donors (Lipinski definition) is 0. The first-order valence-electron chi connectivity index (χ1n) is 6.71. The molecule has 3 aromatic rings. The second-order valence-corrected chi connectivity index (χ2v) is 4.53. The molecule has 1 aromatic carbocycles. The number of carbonyl (C=O) groups is 1. The molecule has 0 saturated carbocycles. The molecule has 0 saturated heterocycles. The van der Waals surface area contributed by atoms with Crippen LogP contribution in [0.25, 0.3) is 5.69 Å². The lowest BCUT2D eigenvalue weighted by Crippen LogP contribution is -1.98. The highest BCUT2D eigenvalue weighted by atomic mass is 16.5. The lowest BCUT2D eigenvalue weighted by atomic mass is 10.3. The van der Waals surface area contributed by atoms with Crippen molar-refractivity contribution in [1.29, 1.82) is 0 Å². The van der Waals surface area contributed by atoms with E-state index in [1.54, 1.807) is 30.0 Å². The molecule has 0 atom stereocenters. The first-order valence-corrected chi connectivity index (χ1v) is 6.71. The van der Waals surface area contributed by atoms with E-state index in [1.165, 1.54) is 0 Å². The summed E-state index contributed by atoms with van der Waals surface area (Å²) in [7, 11) is 1.59. The second-order valence-electron chi connectivity index (χ2n) is 4.53. The molecule has 5 heteroatoms. The van der Waals surface area contributed by atoms with E-state index in [9.17, 15) is 4.79 Å². The van der Waals surface area contributed by atoms with Crippen LogP contribution in [0, 0.1) is 0 Å². The van der Waals surface area contributed by atoms with Crippen molar-refractivity contribution < 1.29 is 14.3 Å². The Bertz CT molecular complexity index is 779. The summed E-state index contributed by atoms with van der Waals surface area (Å²) in [5, 5.41) is 0. The molecule has 0 bridgehead atoms. The first kappa shape index (κ1) is 13.9. The van der Waals surface area contributed by atoms with Gasteiger partial charge in [-0.3, -0.25) is 4.79 Å². The van der Waals surface area contributed by atoms with Crippen LogP contribution < -0.4 is 9.47 Å². The summed E-state index contributed by atoms with van der Waals surface area (Å²) in [6.07, 6.45) is 4.26. The SMILES string of the molecule is COc1ccccc1Oc1ccc(-n2cccc2C=O)cn1. The van der Waals surface area contributed by atoms with Gasteiger partial charge in [-0.1, -0.05) is 12.1 Å². The van der Waals surface area contributed by atoms with E-state index in [4.69, 9.17) is 9.47 Å². The van der Waals surface area contributed by atoms with Crippen molar-refractivity contribution in [2.75, 3.05) is 7.11 Å². The van der Waals surface area contributed by atoms with Crippen molar-refractivity contribution in [1.82, 2.24) is 9.55 Å². The minimum Gasteiger partial charge on any atom is -0.493 e. The van der Waals surface area contributed by atoms with Crippen LogP contribution in [0.1, 0.15) is 10.5 Å². The quantitative estimate of drug-likeness (QED) is 0.676. The van der Waals surface area contributed by atoms with Gasteiger partial charge in [0, 0.05) is 12.3 Å². The third-order valence-corrected chi connectivity index (χ3v) is 3.18. The number of pyridine rings is 1. The second kappa shape index (κ2) is 6.13. The van der Waals surface area contributed by atoms with Gasteiger partial charge in [0.05, 0.1) is 24.7 Å². The number of hydrogen-bond acceptors (Lipinski definition) is 4. The first-order chi connectivity index (χ1) is 10.8. The monoisotopic (exact) mass is 294 g/mol. The van der Waals surface area contributed by atoms with Gasteiger partial charge in [0.25, 0.3) is 0 Å². The topological polar surface area (TPSA) is 53.4 Å². The van der Waals surface area contributed by atoms with Crippen molar-refractivity contribution in [2.24, 2.45) is 0 Å². The standard InChI is InChI=1S/C17H14N2O3/c1-21-15-6-2-3-7-16(15)22-17-9-8-13(11-18-17)19-10-4-5-14(19)12-20/h2-12H,1H3. The smallest absolute Gasteiger partial charge is 0.219 e. The van der Waals surface area contributed by atoms with Gasteiger partial charge in [-0.15, -0.1) is 0 Å². The lowest BCUT2D eigenvalue weighted by molar-refractivity contribution is 0.111. The summed E-state index contributed by atoms with van der Waals surface area (Å²) in [4.78, 5) is 15.2. The van der Waals surface area contributed by atoms with E-state index in [0.717, 1.165) is 12.0 Å². The van der Waals surface area contributed by atoms with Crippen molar-refractivity contribution in [3.63, 3.8) is 0 Å². The minimum absolute atomic E-state index is 0.452. The summed E-state index contributed by atoms with van der Waals surface area (Å²) in [5.74, 6) is 1.69. The maximum Gasteiger partial charge on any atom is 0.219 e. The van der Waals surface area contributed by atoms with Gasteiger partial charge in [0.15, 0.2) is 17.8 Å². The summed E-state index contributed by atoms with van der Waals surface area (Å²) < 4.78 is 12.7. The number of aldehydes is 1. The summed E-state index contributed by atoms with van der Waals surface area (Å²) in [6, 6.07) is 14.5. The molecule has 110 valence electrons. The molecule has 0 N–H and O–H groups in total. The maximum absolute atomic E-state index is 11.0. The molecule has 2 aromatic heterocycles. The van der Waals surface area contributed by atoms with E-state index in [0.29, 0.717) is 23.1 Å². The lowest BCUT2D eigenvalue weighted by Gasteiger charge is -2.10. The predicted molar refractivity (Wildman–Crippen MR) is 82.0 cm³/mol. The summed E-state index contributed by atoms with van der Waals surface area (Å²) in [5.41, 5.74) is 1.36. The van der Waals surface area contributed by atoms with E-state index >= 15 is 0 Å². The maximum atomic E-state index is 11.0. The van der Waals surface area contributed by atoms with Crippen molar-refractivity contribution in [2.45, 2.75) is 0 Å². The van der Waals surface area contributed by atoms with Crippen molar-refractivity contribution in [3.8, 4) is 23.1 Å². The van der Waals surface area contributed by atoms with Crippen LogP contribution in [0.4, 0.5) is 0 Å². The molecule has 3 rings (SSSR count). The van der Waals surface area contributed by atoms with Gasteiger partial charge in [-0.05, 0) is 30.3 Å². The van der Waals surface area contributed by atoms with Crippen LogP contribution in [-0.2, 0) is 0 Å². The van der Waals surface area contributed by atoms with Gasteiger partial charge in [0.2, 0.25) is 5.88 Å². The molecule has 0 aliphatic carbocycles. The van der Waals surface area contributed by atoms with Crippen LogP contribution >= 0.6 is 0 Å². The third-order valence-electron chi connectivity index (χ3n) is 3.18. The highest BCUT2D eigenvalue weighted by Crippen LogP contribution is 2.30. The molecule has 0 amide bonds. The number of ether oxygens (including phenoxy) is 2. The number of rotatable bonds is 5. The molecule has 0 fully saturated rings. The average Bonchev–Trinajstić information content (AvgIpc) is 3.05. The summed E-state index contributed by atoms with van der Waals surface area (Å²) in [6.45, 7) is 0. The van der Waals surface area contributed by atoms with E-state index in [-0.39, 0.29) is 0 Å². The van der Waals surface area contributed by atoms with E-state index in [2.05, 4.69) is 4.98 Å². The van der Waals surface area contributed by atoms with Crippen LogP contribution in [-0.4, -0.2) is 22.9 Å². The molecule has 0 aliphatic heterocycles. The van der Waals surface area contributed by atoms with Crippen LogP contribution in [0.3, 0.4) is 0 Å². The Labute approximate surface area is 127 Å². The Kier molecular flexibility index (Phi) is 3.87. The average molecular weight is 294 g/mol. The number of nitrogens with zero attached hydrogens (tertiary/aromatic N) is 2. The fraction of sp³-hybridized carbons (Fsp3) is 0.0588. The summed E-state index contributed by atoms with van der Waals surface area (Å²) >= 11 is 0. The molecule has 22 heavy (non-hydrogen) atoms. The molecule has 2 heterocycles. The number of carbonyl (C=O) groups excluding carboxylic acids is 1. The molecular weight excluding hydrogens is 280 g/mol. The molecular formula is C17H14N2O3. The van der Waals surface area contributed by atoms with E-state index < -0.39 is 0 Å². The zero-order chi connectivity index (χ0) is 15.4. The van der Waals surface area contributed by atoms with Crippen LogP contribution in [0.2, 0.25) is 0 Å². The largest absolute Gasteiger partial charge is 0.493 e. The molecule has 5 nitrogen and oxygen atoms in total. The Hall–Kier alpha value is -3.08. The zero-order valence-corrected chi connectivity index (χ0v) is 12.0. The van der Waals surface area contributed by atoms with Gasteiger partial charge < -0.3 is 14.0 Å². The van der Waals surface area contributed by atoms with Crippen molar-refractivity contribution in [3.05, 3.63) is 66.6 Å². The molecule has 0 spiro atoms. The fourth-order valence-corrected chi connectivity index (χ4v) is 2.12. The predicted octanol–water partition coefficient (Wildman–Crippen LogP) is 3.49. The number of benzene rings is 1. The van der Waals surface area contributed by atoms with Gasteiger partial charge in [-0.25, -0.2) is 4.98 Å². The Balaban J connectivity index is 1.84. The van der Waals surface area contributed by atoms with Crippen LogP contribution in [0.5, 0.6) is 17.4 Å². The molecule has 0 unspecified atom stereocenters. The number of aromatic nitrogens is 2. The Morgan fingerprint density at radius 3 is 2.55 bits per heavy atom. The van der Waals surface area contributed by atoms with E-state index in [1.807, 2.05) is 42.6 Å². The van der Waals surface area contributed by atoms with Gasteiger partial charge >= 0.3 is 0 Å². The highest BCUT2D eigenvalue weighted by molar-refractivity contribution is 5.73. The highest BCUT2D eigenvalue weighted by Gasteiger charge is 2.07. The van der Waals surface area contributed by atoms with Gasteiger partial charge in [0.1, 0.15) is 0 Å². The minimum atomic E-state index is 0.452. The Morgan fingerprint density at radius 1 is 1.05 bits per heavy atom. The molecule has 0 aliphatic rings. The number of para-hydroxylation sites is 2. The van der Waals surface area contributed by atoms with Crippen molar-refractivity contribution >= 4 is 6.29 Å². The fourth-order valence-electron chi connectivity index (χ4n) is 2.12. The van der Waals surface area contributed by atoms with Gasteiger partial charge in [-0.2, -0.15) is 0 Å². The molecule has 0 radical (unpaired) electrons. The Morgan fingerprint density at radius 2 is 1.86 bits per heavy atom. The van der Waals surface area contributed by atoms with Crippen LogP contribution in [0.15, 0.2) is 60.9 Å². The third kappa shape index (κ3) is 2.69. The number of methoxy groups -OCH3 is 1. The normalized spacial score (nSPS) is 10.2. The zero-order valence-electron chi connectivity index (χ0n) is 12.0.